The van der Waals surface area contributed by atoms with Gasteiger partial charge in [-0.3, -0.25) is 15.0 Å². The predicted molar refractivity (Wildman–Crippen MR) is 52.8 cm³/mol. The van der Waals surface area contributed by atoms with Gasteiger partial charge in [0.05, 0.1) is 4.92 Å². The van der Waals surface area contributed by atoms with E-state index in [1.54, 1.807) is 0 Å². The zero-order valence-corrected chi connectivity index (χ0v) is 8.29. The molecule has 80 valence electrons. The molecule has 1 aliphatic heterocycles. The fourth-order valence-corrected chi connectivity index (χ4v) is 1.44. The van der Waals surface area contributed by atoms with Crippen molar-refractivity contribution in [3.05, 3.63) is 28.4 Å². The van der Waals surface area contributed by atoms with Gasteiger partial charge in [-0.15, -0.1) is 0 Å². The number of hydrogen-bond donors (Lipinski definition) is 0. The van der Waals surface area contributed by atoms with Crippen LogP contribution >= 0.6 is 0 Å². The monoisotopic (exact) mass is 209 g/mol. The molecule has 1 aromatic rings. The molecule has 6 nitrogen and oxygen atoms in total. The van der Waals surface area contributed by atoms with E-state index in [9.17, 15) is 10.1 Å². The maximum Gasteiger partial charge on any atom is 0.287 e. The highest BCUT2D eigenvalue weighted by Gasteiger charge is 2.25. The molecular formula is C9H11N3O3. The first kappa shape index (κ1) is 9.85. The van der Waals surface area contributed by atoms with E-state index in [0.717, 1.165) is 13.1 Å². The number of ether oxygens (including phenoxy) is 1. The van der Waals surface area contributed by atoms with Gasteiger partial charge in [0, 0.05) is 25.2 Å². The summed E-state index contributed by atoms with van der Waals surface area (Å²) >= 11 is 0. The number of aromatic nitrogens is 1. The van der Waals surface area contributed by atoms with E-state index < -0.39 is 4.92 Å². The third-order valence-electron chi connectivity index (χ3n) is 2.25. The molecule has 1 aliphatic rings. The van der Waals surface area contributed by atoms with E-state index in [0.29, 0.717) is 5.88 Å². The van der Waals surface area contributed by atoms with Crippen LogP contribution in [0.5, 0.6) is 5.88 Å². The zero-order chi connectivity index (χ0) is 10.8. The highest BCUT2D eigenvalue weighted by atomic mass is 16.6. The maximum atomic E-state index is 10.4. The van der Waals surface area contributed by atoms with Crippen molar-refractivity contribution >= 4 is 5.69 Å². The minimum atomic E-state index is -0.478. The average molecular weight is 209 g/mol. The number of likely N-dealkylation sites (tertiary alicyclic amines) is 1. The van der Waals surface area contributed by atoms with Crippen LogP contribution < -0.4 is 4.74 Å². The third-order valence-corrected chi connectivity index (χ3v) is 2.25. The second-order valence-electron chi connectivity index (χ2n) is 3.57. The molecular weight excluding hydrogens is 198 g/mol. The van der Waals surface area contributed by atoms with E-state index in [1.807, 2.05) is 7.05 Å². The molecule has 1 saturated heterocycles. The Bertz CT molecular complexity index is 359. The summed E-state index contributed by atoms with van der Waals surface area (Å²) in [5.74, 6) is 0.443. The summed E-state index contributed by atoms with van der Waals surface area (Å²) in [6.07, 6.45) is 1.36. The van der Waals surface area contributed by atoms with Gasteiger partial charge in [-0.2, -0.15) is 0 Å². The lowest BCUT2D eigenvalue weighted by molar-refractivity contribution is -0.385. The molecule has 0 saturated carbocycles. The molecule has 0 aromatic carbocycles. The van der Waals surface area contributed by atoms with Crippen molar-refractivity contribution < 1.29 is 9.66 Å². The van der Waals surface area contributed by atoms with Gasteiger partial charge in [0.15, 0.2) is 0 Å². The van der Waals surface area contributed by atoms with Crippen molar-refractivity contribution in [2.75, 3.05) is 20.1 Å². The fraction of sp³-hybridized carbons (Fsp3) is 0.444. The Kier molecular flexibility index (Phi) is 2.51. The number of likely N-dealkylation sites (N-methyl/N-ethyl adjacent to an activating group) is 1. The second-order valence-corrected chi connectivity index (χ2v) is 3.57. The summed E-state index contributed by atoms with van der Waals surface area (Å²) in [7, 11) is 2.00. The van der Waals surface area contributed by atoms with Crippen LogP contribution in [0.25, 0.3) is 0 Å². The number of nitro groups is 1. The molecule has 1 fully saturated rings. The Hall–Kier alpha value is -1.69. The summed E-state index contributed by atoms with van der Waals surface area (Å²) in [5, 5.41) is 10.4. The Morgan fingerprint density at radius 1 is 1.60 bits per heavy atom. The van der Waals surface area contributed by atoms with Gasteiger partial charge >= 0.3 is 0 Å². The first-order valence-electron chi connectivity index (χ1n) is 4.61. The van der Waals surface area contributed by atoms with Crippen LogP contribution in [0.3, 0.4) is 0 Å². The molecule has 0 N–H and O–H groups in total. The summed E-state index contributed by atoms with van der Waals surface area (Å²) in [5.41, 5.74) is -0.0203. The average Bonchev–Trinajstić information content (AvgIpc) is 2.16. The Morgan fingerprint density at radius 3 is 2.80 bits per heavy atom. The number of pyridine rings is 1. The minimum Gasteiger partial charge on any atom is -0.472 e. The van der Waals surface area contributed by atoms with E-state index in [-0.39, 0.29) is 11.8 Å². The summed E-state index contributed by atoms with van der Waals surface area (Å²) in [4.78, 5) is 15.9. The van der Waals surface area contributed by atoms with Crippen LogP contribution in [-0.4, -0.2) is 41.0 Å². The molecule has 0 bridgehead atoms. The van der Waals surface area contributed by atoms with E-state index in [4.69, 9.17) is 4.74 Å². The fourth-order valence-electron chi connectivity index (χ4n) is 1.44. The van der Waals surface area contributed by atoms with Crippen molar-refractivity contribution in [3.8, 4) is 5.88 Å². The summed E-state index contributed by atoms with van der Waals surface area (Å²) in [6, 6.07) is 2.92. The highest BCUT2D eigenvalue weighted by molar-refractivity contribution is 5.29. The Balaban J connectivity index is 1.95. The van der Waals surface area contributed by atoms with E-state index in [2.05, 4.69) is 9.88 Å². The van der Waals surface area contributed by atoms with Crippen LogP contribution in [0.2, 0.25) is 0 Å². The molecule has 0 aliphatic carbocycles. The Labute approximate surface area is 86.6 Å². The lowest BCUT2D eigenvalue weighted by atomic mass is 10.2. The normalized spacial score (nSPS) is 17.1. The lowest BCUT2D eigenvalue weighted by Gasteiger charge is -2.35. The molecule has 6 heteroatoms. The zero-order valence-electron chi connectivity index (χ0n) is 8.29. The van der Waals surface area contributed by atoms with E-state index in [1.165, 1.54) is 18.3 Å². The second kappa shape index (κ2) is 3.82. The molecule has 0 amide bonds. The predicted octanol–water partition coefficient (Wildman–Crippen LogP) is 0.683. The van der Waals surface area contributed by atoms with Crippen LogP contribution in [0.15, 0.2) is 18.3 Å². The molecule has 2 heterocycles. The van der Waals surface area contributed by atoms with E-state index >= 15 is 0 Å². The van der Waals surface area contributed by atoms with Crippen molar-refractivity contribution in [2.45, 2.75) is 6.10 Å². The van der Waals surface area contributed by atoms with Crippen molar-refractivity contribution in [3.63, 3.8) is 0 Å². The lowest BCUT2D eigenvalue weighted by Crippen LogP contribution is -2.51. The first-order chi connectivity index (χ1) is 7.15. The maximum absolute atomic E-state index is 10.4. The van der Waals surface area contributed by atoms with Gasteiger partial charge in [0.1, 0.15) is 12.3 Å². The van der Waals surface area contributed by atoms with Crippen LogP contribution in [0.4, 0.5) is 5.69 Å². The topological polar surface area (TPSA) is 68.5 Å². The molecule has 0 radical (unpaired) electrons. The molecule has 1 aromatic heterocycles. The number of rotatable bonds is 3. The molecule has 0 spiro atoms. The van der Waals surface area contributed by atoms with Crippen LogP contribution in [-0.2, 0) is 0 Å². The standard InChI is InChI=1S/C9H11N3O3/c1-11-5-8(6-11)15-9-3-2-7(4-10-9)12(13)14/h2-4,8H,5-6H2,1H3. The van der Waals surface area contributed by atoms with Gasteiger partial charge in [0.25, 0.3) is 5.69 Å². The van der Waals surface area contributed by atoms with Crippen molar-refractivity contribution in [1.82, 2.24) is 9.88 Å². The molecule has 0 unspecified atom stereocenters. The van der Waals surface area contributed by atoms with Crippen LogP contribution in [0.1, 0.15) is 0 Å². The molecule has 15 heavy (non-hydrogen) atoms. The molecule has 0 atom stereocenters. The van der Waals surface area contributed by atoms with Gasteiger partial charge in [-0.1, -0.05) is 0 Å². The largest absolute Gasteiger partial charge is 0.472 e. The third kappa shape index (κ3) is 2.21. The Morgan fingerprint density at radius 2 is 2.33 bits per heavy atom. The van der Waals surface area contributed by atoms with Gasteiger partial charge < -0.3 is 4.74 Å². The van der Waals surface area contributed by atoms with Crippen molar-refractivity contribution in [1.29, 1.82) is 0 Å². The summed E-state index contributed by atoms with van der Waals surface area (Å²) in [6.45, 7) is 1.75. The highest BCUT2D eigenvalue weighted by Crippen LogP contribution is 2.17. The number of nitrogens with zero attached hydrogens (tertiary/aromatic N) is 3. The SMILES string of the molecule is CN1CC(Oc2ccc([N+](=O)[O-])cn2)C1. The quantitative estimate of drug-likeness (QED) is 0.541. The van der Waals surface area contributed by atoms with Crippen LogP contribution in [0, 0.1) is 10.1 Å². The van der Waals surface area contributed by atoms with Crippen molar-refractivity contribution in [2.24, 2.45) is 0 Å². The van der Waals surface area contributed by atoms with Gasteiger partial charge in [-0.05, 0) is 7.05 Å². The molecule has 2 rings (SSSR count). The summed E-state index contributed by atoms with van der Waals surface area (Å²) < 4.78 is 5.48. The van der Waals surface area contributed by atoms with Gasteiger partial charge in [-0.25, -0.2) is 4.98 Å². The first-order valence-corrected chi connectivity index (χ1v) is 4.61. The smallest absolute Gasteiger partial charge is 0.287 e. The minimum absolute atomic E-state index is 0.0203. The number of hydrogen-bond acceptors (Lipinski definition) is 5. The van der Waals surface area contributed by atoms with Gasteiger partial charge in [0.2, 0.25) is 5.88 Å².